The summed E-state index contributed by atoms with van der Waals surface area (Å²) < 4.78 is 1.47. The van der Waals surface area contributed by atoms with Crippen LogP contribution >= 0.6 is 0 Å². The van der Waals surface area contributed by atoms with Crippen LogP contribution in [-0.2, 0) is 13.1 Å². The first kappa shape index (κ1) is 16.7. The molecule has 2 amide bonds. The van der Waals surface area contributed by atoms with Gasteiger partial charge in [0, 0.05) is 31.4 Å². The van der Waals surface area contributed by atoms with E-state index in [4.69, 9.17) is 0 Å². The lowest BCUT2D eigenvalue weighted by Gasteiger charge is -2.10. The number of nitrogens with zero attached hydrogens (tertiary/aromatic N) is 2. The van der Waals surface area contributed by atoms with Crippen molar-refractivity contribution < 1.29 is 4.79 Å². The molecule has 2 N–H and O–H groups in total. The molecule has 0 bridgehead atoms. The smallest absolute Gasteiger partial charge is 0.315 e. The second-order valence-corrected chi connectivity index (χ2v) is 5.81. The van der Waals surface area contributed by atoms with Crippen LogP contribution in [0.2, 0.25) is 0 Å². The molecule has 6 nitrogen and oxygen atoms in total. The van der Waals surface area contributed by atoms with Gasteiger partial charge in [-0.25, -0.2) is 9.78 Å². The Morgan fingerprint density at radius 3 is 2.76 bits per heavy atom. The number of nitrogens with one attached hydrogen (secondary N) is 2. The summed E-state index contributed by atoms with van der Waals surface area (Å²) in [6, 6.07) is 15.3. The quantitative estimate of drug-likeness (QED) is 0.750. The number of rotatable bonds is 5. The van der Waals surface area contributed by atoms with Gasteiger partial charge >= 0.3 is 6.03 Å². The van der Waals surface area contributed by atoms with Gasteiger partial charge in [0.25, 0.3) is 5.56 Å². The fourth-order valence-electron chi connectivity index (χ4n) is 2.66. The molecule has 128 valence electrons. The average Bonchev–Trinajstić information content (AvgIpc) is 2.62. The Bertz CT molecular complexity index is 944. The number of benzene rings is 2. The van der Waals surface area contributed by atoms with E-state index in [1.54, 1.807) is 6.92 Å². The molecule has 1 heterocycles. The molecule has 0 aliphatic carbocycles. The second-order valence-electron chi connectivity index (χ2n) is 5.81. The molecule has 0 atom stereocenters. The third-order valence-electron chi connectivity index (χ3n) is 3.97. The highest BCUT2D eigenvalue weighted by atomic mass is 16.2. The average molecular weight is 336 g/mol. The van der Waals surface area contributed by atoms with Crippen molar-refractivity contribution in [1.82, 2.24) is 20.2 Å². The highest BCUT2D eigenvalue weighted by Crippen LogP contribution is 2.18. The fraction of sp³-hybridized carbons (Fsp3) is 0.211. The highest BCUT2D eigenvalue weighted by molar-refractivity contribution is 5.86. The van der Waals surface area contributed by atoms with E-state index in [1.165, 1.54) is 17.0 Å². The van der Waals surface area contributed by atoms with Gasteiger partial charge in [-0.2, -0.15) is 0 Å². The Labute approximate surface area is 145 Å². The van der Waals surface area contributed by atoms with E-state index in [0.29, 0.717) is 25.3 Å². The first-order chi connectivity index (χ1) is 12.1. The SMILES string of the molecule is Cc1cc(=O)n(CCNC(=O)NCc2cccc3ccccc23)cn1. The zero-order valence-corrected chi connectivity index (χ0v) is 14.0. The van der Waals surface area contributed by atoms with Crippen LogP contribution in [0, 0.1) is 6.92 Å². The normalized spacial score (nSPS) is 10.6. The molecular weight excluding hydrogens is 316 g/mol. The fourth-order valence-corrected chi connectivity index (χ4v) is 2.66. The van der Waals surface area contributed by atoms with Crippen LogP contribution in [0.25, 0.3) is 10.8 Å². The van der Waals surface area contributed by atoms with Gasteiger partial charge in [0.2, 0.25) is 0 Å². The molecule has 0 aliphatic rings. The van der Waals surface area contributed by atoms with E-state index in [0.717, 1.165) is 16.3 Å². The van der Waals surface area contributed by atoms with Crippen LogP contribution in [0.5, 0.6) is 0 Å². The Kier molecular flexibility index (Phi) is 5.09. The van der Waals surface area contributed by atoms with Gasteiger partial charge in [-0.1, -0.05) is 42.5 Å². The van der Waals surface area contributed by atoms with E-state index < -0.39 is 0 Å². The minimum atomic E-state index is -0.263. The van der Waals surface area contributed by atoms with E-state index in [9.17, 15) is 9.59 Å². The Hall–Kier alpha value is -3.15. The zero-order valence-electron chi connectivity index (χ0n) is 14.0. The van der Waals surface area contributed by atoms with Gasteiger partial charge in [-0.3, -0.25) is 9.36 Å². The number of amides is 2. The number of hydrogen-bond acceptors (Lipinski definition) is 3. The number of aryl methyl sites for hydroxylation is 1. The third-order valence-corrected chi connectivity index (χ3v) is 3.97. The minimum Gasteiger partial charge on any atom is -0.336 e. The van der Waals surface area contributed by atoms with Crippen molar-refractivity contribution in [3.63, 3.8) is 0 Å². The summed E-state index contributed by atoms with van der Waals surface area (Å²) in [5.74, 6) is 0. The summed E-state index contributed by atoms with van der Waals surface area (Å²) in [4.78, 5) is 27.8. The Balaban J connectivity index is 1.52. The van der Waals surface area contributed by atoms with Crippen molar-refractivity contribution in [2.45, 2.75) is 20.0 Å². The summed E-state index contributed by atoms with van der Waals surface area (Å²) >= 11 is 0. The van der Waals surface area contributed by atoms with Crippen LogP contribution in [0.4, 0.5) is 4.79 Å². The topological polar surface area (TPSA) is 76.0 Å². The molecule has 0 unspecified atom stereocenters. The number of fused-ring (bicyclic) bond motifs is 1. The Morgan fingerprint density at radius 1 is 1.12 bits per heavy atom. The number of carbonyl (C=O) groups is 1. The minimum absolute atomic E-state index is 0.120. The van der Waals surface area contributed by atoms with Gasteiger partial charge in [-0.15, -0.1) is 0 Å². The molecule has 2 aromatic carbocycles. The first-order valence-electron chi connectivity index (χ1n) is 8.15. The molecular formula is C19H20N4O2. The van der Waals surface area contributed by atoms with E-state index in [2.05, 4.69) is 15.6 Å². The van der Waals surface area contributed by atoms with Crippen molar-refractivity contribution >= 4 is 16.8 Å². The molecule has 0 saturated carbocycles. The molecule has 0 radical (unpaired) electrons. The number of hydrogen-bond donors (Lipinski definition) is 2. The largest absolute Gasteiger partial charge is 0.336 e. The monoisotopic (exact) mass is 336 g/mol. The molecule has 25 heavy (non-hydrogen) atoms. The maximum atomic E-state index is 12.0. The van der Waals surface area contributed by atoms with Crippen LogP contribution in [-0.4, -0.2) is 22.1 Å². The Morgan fingerprint density at radius 2 is 1.92 bits per heavy atom. The summed E-state index contributed by atoms with van der Waals surface area (Å²) in [6.45, 7) is 2.95. The lowest BCUT2D eigenvalue weighted by Crippen LogP contribution is -2.38. The highest BCUT2D eigenvalue weighted by Gasteiger charge is 2.04. The number of carbonyl (C=O) groups excluding carboxylic acids is 1. The molecule has 6 heteroatoms. The van der Waals surface area contributed by atoms with Crippen molar-refractivity contribution in [2.24, 2.45) is 0 Å². The van der Waals surface area contributed by atoms with Crippen molar-refractivity contribution in [3.05, 3.63) is 76.5 Å². The molecule has 3 rings (SSSR count). The maximum Gasteiger partial charge on any atom is 0.315 e. The lowest BCUT2D eigenvalue weighted by atomic mass is 10.0. The van der Waals surface area contributed by atoms with Gasteiger partial charge in [0.1, 0.15) is 0 Å². The standard InChI is InChI=1S/C19H20N4O2/c1-14-11-18(24)23(13-22-14)10-9-20-19(25)21-12-16-7-4-6-15-5-2-3-8-17(15)16/h2-8,11,13H,9-10,12H2,1H3,(H2,20,21,25). The zero-order chi connectivity index (χ0) is 17.6. The van der Waals surface area contributed by atoms with Crippen molar-refractivity contribution in [1.29, 1.82) is 0 Å². The number of urea groups is 1. The van der Waals surface area contributed by atoms with E-state index >= 15 is 0 Å². The summed E-state index contributed by atoms with van der Waals surface area (Å²) in [7, 11) is 0. The molecule has 3 aromatic rings. The maximum absolute atomic E-state index is 12.0. The van der Waals surface area contributed by atoms with Crippen molar-refractivity contribution in [3.8, 4) is 0 Å². The van der Waals surface area contributed by atoms with Gasteiger partial charge in [0.05, 0.1) is 6.33 Å². The van der Waals surface area contributed by atoms with Crippen LogP contribution in [0.1, 0.15) is 11.3 Å². The van der Waals surface area contributed by atoms with E-state index in [1.807, 2.05) is 42.5 Å². The molecule has 0 saturated heterocycles. The van der Waals surface area contributed by atoms with Crippen LogP contribution in [0.15, 0.2) is 59.7 Å². The molecule has 0 aliphatic heterocycles. The van der Waals surface area contributed by atoms with Gasteiger partial charge in [0.15, 0.2) is 0 Å². The predicted molar refractivity (Wildman–Crippen MR) is 97.4 cm³/mol. The summed E-state index contributed by atoms with van der Waals surface area (Å²) in [6.07, 6.45) is 1.49. The summed E-state index contributed by atoms with van der Waals surface area (Å²) in [5.41, 5.74) is 1.62. The van der Waals surface area contributed by atoms with Gasteiger partial charge in [-0.05, 0) is 23.3 Å². The third kappa shape index (κ3) is 4.23. The molecule has 0 fully saturated rings. The van der Waals surface area contributed by atoms with Crippen LogP contribution < -0.4 is 16.2 Å². The molecule has 0 spiro atoms. The van der Waals surface area contributed by atoms with E-state index in [-0.39, 0.29) is 11.6 Å². The second kappa shape index (κ2) is 7.61. The predicted octanol–water partition coefficient (Wildman–Crippen LogP) is 2.20. The number of aromatic nitrogens is 2. The van der Waals surface area contributed by atoms with Crippen LogP contribution in [0.3, 0.4) is 0 Å². The lowest BCUT2D eigenvalue weighted by molar-refractivity contribution is 0.240. The van der Waals surface area contributed by atoms with Gasteiger partial charge < -0.3 is 10.6 Å². The van der Waals surface area contributed by atoms with Crippen molar-refractivity contribution in [2.75, 3.05) is 6.54 Å². The molecule has 1 aromatic heterocycles. The summed E-state index contributed by atoms with van der Waals surface area (Å²) in [5, 5.41) is 7.88. The first-order valence-corrected chi connectivity index (χ1v) is 8.15.